The summed E-state index contributed by atoms with van der Waals surface area (Å²) in [7, 11) is 0. The number of likely N-dealkylation sites (tertiary alicyclic amines) is 1. The summed E-state index contributed by atoms with van der Waals surface area (Å²) in [6.45, 7) is 3.52. The van der Waals surface area contributed by atoms with Crippen molar-refractivity contribution in [3.63, 3.8) is 0 Å². The van der Waals surface area contributed by atoms with Crippen LogP contribution >= 0.6 is 12.2 Å². The second-order valence-corrected chi connectivity index (χ2v) is 5.34. The van der Waals surface area contributed by atoms with Gasteiger partial charge in [0.2, 0.25) is 5.91 Å². The molecule has 1 unspecified atom stereocenters. The van der Waals surface area contributed by atoms with Crippen molar-refractivity contribution in [2.75, 3.05) is 18.4 Å². The van der Waals surface area contributed by atoms with E-state index in [4.69, 9.17) is 18.0 Å². The van der Waals surface area contributed by atoms with Gasteiger partial charge in [0, 0.05) is 13.1 Å². The molecule has 1 aromatic rings. The van der Waals surface area contributed by atoms with Gasteiger partial charge in [0.05, 0.1) is 12.4 Å². The summed E-state index contributed by atoms with van der Waals surface area (Å²) in [6.07, 6.45) is 6.41. The quantitative estimate of drug-likeness (QED) is 0.803. The van der Waals surface area contributed by atoms with Crippen molar-refractivity contribution in [2.45, 2.75) is 32.2 Å². The Morgan fingerprint density at radius 3 is 2.60 bits per heavy atom. The average molecular weight is 293 g/mol. The van der Waals surface area contributed by atoms with E-state index in [1.54, 1.807) is 0 Å². The Labute approximate surface area is 123 Å². The second-order valence-electron chi connectivity index (χ2n) is 4.90. The molecule has 2 heterocycles. The van der Waals surface area contributed by atoms with Crippen LogP contribution in [0.25, 0.3) is 0 Å². The fourth-order valence-electron chi connectivity index (χ4n) is 2.20. The lowest BCUT2D eigenvalue weighted by Crippen LogP contribution is -2.44. The fourth-order valence-corrected chi connectivity index (χ4v) is 2.31. The normalized spacial score (nSPS) is 16.6. The van der Waals surface area contributed by atoms with E-state index < -0.39 is 0 Å². The number of hydrogen-bond acceptors (Lipinski definition) is 5. The lowest BCUT2D eigenvalue weighted by Gasteiger charge is -2.29. The Bertz CT molecular complexity index is 484. The third-order valence-corrected chi connectivity index (χ3v) is 3.52. The van der Waals surface area contributed by atoms with Crippen LogP contribution in [0.2, 0.25) is 0 Å². The summed E-state index contributed by atoms with van der Waals surface area (Å²) in [5.74, 6) is 0.646. The fraction of sp³-hybridized carbons (Fsp3) is 0.538. The predicted octanol–water partition coefficient (Wildman–Crippen LogP) is 0.924. The van der Waals surface area contributed by atoms with Crippen LogP contribution in [-0.2, 0) is 4.79 Å². The van der Waals surface area contributed by atoms with Crippen LogP contribution in [0.15, 0.2) is 12.4 Å². The highest BCUT2D eigenvalue weighted by atomic mass is 32.1. The van der Waals surface area contributed by atoms with Crippen LogP contribution in [0.4, 0.5) is 5.82 Å². The van der Waals surface area contributed by atoms with Gasteiger partial charge < -0.3 is 16.0 Å². The molecule has 0 aliphatic carbocycles. The average Bonchev–Trinajstić information content (AvgIpc) is 2.48. The van der Waals surface area contributed by atoms with Crippen molar-refractivity contribution in [3.8, 4) is 0 Å². The molecule has 3 N–H and O–H groups in total. The van der Waals surface area contributed by atoms with Crippen molar-refractivity contribution in [1.29, 1.82) is 0 Å². The van der Waals surface area contributed by atoms with E-state index in [9.17, 15) is 4.79 Å². The molecular formula is C13H19N5OS. The topological polar surface area (TPSA) is 84.1 Å². The molecule has 0 radical (unpaired) electrons. The third kappa shape index (κ3) is 3.63. The smallest absolute Gasteiger partial charge is 0.244 e. The van der Waals surface area contributed by atoms with Crippen LogP contribution in [0, 0.1) is 0 Å². The minimum atomic E-state index is -0.321. The van der Waals surface area contributed by atoms with Crippen molar-refractivity contribution in [3.05, 3.63) is 18.1 Å². The molecule has 1 atom stereocenters. The van der Waals surface area contributed by atoms with Gasteiger partial charge in [-0.25, -0.2) is 9.97 Å². The molecule has 0 aromatic carbocycles. The minimum absolute atomic E-state index is 0.102. The van der Waals surface area contributed by atoms with E-state index in [2.05, 4.69) is 15.3 Å². The van der Waals surface area contributed by atoms with Gasteiger partial charge in [0.15, 0.2) is 0 Å². The Balaban J connectivity index is 1.94. The maximum absolute atomic E-state index is 12.3. The molecule has 1 aliphatic rings. The van der Waals surface area contributed by atoms with E-state index in [0.29, 0.717) is 11.5 Å². The monoisotopic (exact) mass is 293 g/mol. The number of hydrogen-bond donors (Lipinski definition) is 2. The number of amides is 1. The molecule has 1 fully saturated rings. The molecule has 0 bridgehead atoms. The first-order valence-electron chi connectivity index (χ1n) is 6.75. The summed E-state index contributed by atoms with van der Waals surface area (Å²) in [5.41, 5.74) is 5.93. The molecule has 1 aliphatic heterocycles. The number of rotatable bonds is 4. The third-order valence-electron chi connectivity index (χ3n) is 3.31. The zero-order chi connectivity index (χ0) is 14.5. The predicted molar refractivity (Wildman–Crippen MR) is 81.4 cm³/mol. The summed E-state index contributed by atoms with van der Waals surface area (Å²) >= 11 is 4.81. The number of carbonyl (C=O) groups is 1. The summed E-state index contributed by atoms with van der Waals surface area (Å²) < 4.78 is 0. The lowest BCUT2D eigenvalue weighted by molar-refractivity contribution is -0.132. The molecule has 2 rings (SSSR count). The number of nitrogens with one attached hydrogen (secondary N) is 1. The summed E-state index contributed by atoms with van der Waals surface area (Å²) in [5, 5.41) is 3.06. The van der Waals surface area contributed by atoms with Gasteiger partial charge in [-0.3, -0.25) is 4.79 Å². The largest absolute Gasteiger partial charge is 0.388 e. The van der Waals surface area contributed by atoms with Gasteiger partial charge in [-0.1, -0.05) is 12.2 Å². The van der Waals surface area contributed by atoms with Gasteiger partial charge in [0.1, 0.15) is 22.5 Å². The number of aromatic nitrogens is 2. The van der Waals surface area contributed by atoms with Gasteiger partial charge in [0.25, 0.3) is 0 Å². The molecule has 1 saturated heterocycles. The van der Waals surface area contributed by atoms with Crippen molar-refractivity contribution in [1.82, 2.24) is 14.9 Å². The van der Waals surface area contributed by atoms with E-state index in [1.807, 2.05) is 11.8 Å². The molecule has 108 valence electrons. The van der Waals surface area contributed by atoms with E-state index >= 15 is 0 Å². The van der Waals surface area contributed by atoms with Crippen LogP contribution in [-0.4, -0.2) is 44.9 Å². The zero-order valence-electron chi connectivity index (χ0n) is 11.5. The standard InChI is InChI=1S/C13H19N5OS/c1-9(13(19)18-5-3-2-4-6-18)17-11-8-15-10(7-16-11)12(14)20/h7-9H,2-6H2,1H3,(H2,14,20)(H,16,17). The minimum Gasteiger partial charge on any atom is -0.388 e. The summed E-state index contributed by atoms with van der Waals surface area (Å²) in [6, 6.07) is -0.321. The van der Waals surface area contributed by atoms with E-state index in [-0.39, 0.29) is 16.9 Å². The van der Waals surface area contributed by atoms with Gasteiger partial charge in [-0.05, 0) is 26.2 Å². The molecule has 7 heteroatoms. The molecule has 6 nitrogen and oxygen atoms in total. The van der Waals surface area contributed by atoms with Gasteiger partial charge >= 0.3 is 0 Å². The Hall–Kier alpha value is -1.76. The lowest BCUT2D eigenvalue weighted by atomic mass is 10.1. The second kappa shape index (κ2) is 6.60. The number of nitrogens with two attached hydrogens (primary N) is 1. The van der Waals surface area contributed by atoms with E-state index in [1.165, 1.54) is 18.8 Å². The highest BCUT2D eigenvalue weighted by Crippen LogP contribution is 2.12. The highest BCUT2D eigenvalue weighted by Gasteiger charge is 2.22. The maximum atomic E-state index is 12.3. The number of carbonyl (C=O) groups excluding carboxylic acids is 1. The first kappa shape index (κ1) is 14.6. The van der Waals surface area contributed by atoms with Gasteiger partial charge in [-0.15, -0.1) is 0 Å². The highest BCUT2D eigenvalue weighted by molar-refractivity contribution is 7.80. The van der Waals surface area contributed by atoms with Crippen LogP contribution in [0.3, 0.4) is 0 Å². The Morgan fingerprint density at radius 2 is 2.05 bits per heavy atom. The first-order valence-corrected chi connectivity index (χ1v) is 7.16. The molecule has 0 spiro atoms. The molecule has 1 aromatic heterocycles. The van der Waals surface area contributed by atoms with Crippen molar-refractivity contribution >= 4 is 28.9 Å². The number of piperidine rings is 1. The first-order chi connectivity index (χ1) is 9.58. The SMILES string of the molecule is CC(Nc1cnc(C(N)=S)cn1)C(=O)N1CCCCC1. The molecule has 0 saturated carbocycles. The molecule has 20 heavy (non-hydrogen) atoms. The number of anilines is 1. The summed E-state index contributed by atoms with van der Waals surface area (Å²) in [4.78, 5) is 22.6. The number of nitrogens with zero attached hydrogens (tertiary/aromatic N) is 3. The van der Waals surface area contributed by atoms with Crippen LogP contribution < -0.4 is 11.1 Å². The van der Waals surface area contributed by atoms with Crippen molar-refractivity contribution in [2.24, 2.45) is 5.73 Å². The Morgan fingerprint density at radius 1 is 1.35 bits per heavy atom. The van der Waals surface area contributed by atoms with Crippen molar-refractivity contribution < 1.29 is 4.79 Å². The molecular weight excluding hydrogens is 274 g/mol. The zero-order valence-corrected chi connectivity index (χ0v) is 12.3. The Kier molecular flexibility index (Phi) is 4.84. The van der Waals surface area contributed by atoms with Crippen LogP contribution in [0.1, 0.15) is 31.9 Å². The number of thiocarbonyl (C=S) groups is 1. The maximum Gasteiger partial charge on any atom is 0.244 e. The van der Waals surface area contributed by atoms with Crippen LogP contribution in [0.5, 0.6) is 0 Å². The molecule has 1 amide bonds. The van der Waals surface area contributed by atoms with Gasteiger partial charge in [-0.2, -0.15) is 0 Å². The van der Waals surface area contributed by atoms with E-state index in [0.717, 1.165) is 25.9 Å².